The number of thiazole rings is 1. The number of amides is 1. The molecule has 2 rings (SSSR count). The smallest absolute Gasteiger partial charge is 0.243 e. The zero-order valence-electron chi connectivity index (χ0n) is 13.9. The van der Waals surface area contributed by atoms with E-state index in [-0.39, 0.29) is 30.5 Å². The van der Waals surface area contributed by atoms with E-state index in [1.807, 2.05) is 12.3 Å². The van der Waals surface area contributed by atoms with Crippen LogP contribution in [0.25, 0.3) is 0 Å². The highest BCUT2D eigenvalue weighted by Gasteiger charge is 2.23. The maximum atomic E-state index is 11.9. The van der Waals surface area contributed by atoms with Gasteiger partial charge < -0.3 is 15.8 Å². The van der Waals surface area contributed by atoms with Gasteiger partial charge in [-0.2, -0.15) is 0 Å². The summed E-state index contributed by atoms with van der Waals surface area (Å²) in [5.41, 5.74) is 6.78. The second-order valence-electron chi connectivity index (χ2n) is 5.98. The molecule has 0 aliphatic carbocycles. The molecule has 1 amide bonds. The number of aromatic nitrogens is 1. The van der Waals surface area contributed by atoms with Crippen molar-refractivity contribution in [3.05, 3.63) is 11.1 Å². The highest BCUT2D eigenvalue weighted by Crippen LogP contribution is 2.19. The van der Waals surface area contributed by atoms with Crippen LogP contribution in [-0.2, 0) is 16.1 Å². The summed E-state index contributed by atoms with van der Waals surface area (Å²) in [6.07, 6.45) is 2.07. The molecule has 2 heterocycles. The number of nitrogens with zero attached hydrogens (tertiary/aromatic N) is 2. The monoisotopic (exact) mass is 362 g/mol. The Morgan fingerprint density at radius 1 is 1.52 bits per heavy atom. The third-order valence-electron chi connectivity index (χ3n) is 3.60. The number of carbonyl (C=O) groups excluding carboxylic acids is 1. The van der Waals surface area contributed by atoms with E-state index < -0.39 is 6.04 Å². The van der Waals surface area contributed by atoms with Crippen molar-refractivity contribution in [2.24, 2.45) is 5.73 Å². The van der Waals surface area contributed by atoms with Gasteiger partial charge in [-0.1, -0.05) is 13.3 Å². The number of hydrogen-bond donors (Lipinski definition) is 2. The molecule has 8 heteroatoms. The molecule has 1 saturated heterocycles. The van der Waals surface area contributed by atoms with Crippen LogP contribution < -0.4 is 11.1 Å². The minimum Gasteiger partial charge on any atom is -0.373 e. The lowest BCUT2D eigenvalue weighted by atomic mass is 10.2. The van der Waals surface area contributed by atoms with Gasteiger partial charge in [0.05, 0.1) is 23.9 Å². The van der Waals surface area contributed by atoms with Crippen LogP contribution in [0.5, 0.6) is 0 Å². The molecule has 1 aromatic heterocycles. The molecular weight excluding hydrogens is 336 g/mol. The maximum absolute atomic E-state index is 11.9. The van der Waals surface area contributed by atoms with E-state index in [0.717, 1.165) is 31.7 Å². The molecular formula is C15H27ClN4O2S. The second kappa shape index (κ2) is 9.54. The Morgan fingerprint density at radius 3 is 2.78 bits per heavy atom. The lowest BCUT2D eigenvalue weighted by molar-refractivity contribution is -0.117. The molecule has 6 nitrogen and oxygen atoms in total. The van der Waals surface area contributed by atoms with Crippen LogP contribution >= 0.6 is 23.7 Å². The molecule has 0 aromatic carbocycles. The number of halogens is 1. The van der Waals surface area contributed by atoms with E-state index in [2.05, 4.69) is 29.0 Å². The van der Waals surface area contributed by atoms with Crippen molar-refractivity contribution in [2.75, 3.05) is 18.4 Å². The summed E-state index contributed by atoms with van der Waals surface area (Å²) in [4.78, 5) is 18.7. The first-order valence-corrected chi connectivity index (χ1v) is 8.74. The summed E-state index contributed by atoms with van der Waals surface area (Å²) in [5.74, 6) is -0.156. The Morgan fingerprint density at radius 2 is 2.17 bits per heavy atom. The fourth-order valence-corrected chi connectivity index (χ4v) is 3.42. The van der Waals surface area contributed by atoms with Crippen LogP contribution in [0.15, 0.2) is 5.38 Å². The summed E-state index contributed by atoms with van der Waals surface area (Å²) in [6.45, 7) is 8.79. The van der Waals surface area contributed by atoms with E-state index in [9.17, 15) is 4.79 Å². The van der Waals surface area contributed by atoms with Gasteiger partial charge in [-0.15, -0.1) is 23.7 Å². The van der Waals surface area contributed by atoms with Gasteiger partial charge in [-0.3, -0.25) is 9.69 Å². The topological polar surface area (TPSA) is 80.5 Å². The van der Waals surface area contributed by atoms with E-state index in [1.165, 1.54) is 11.3 Å². The predicted octanol–water partition coefficient (Wildman–Crippen LogP) is 2.24. The molecule has 1 aromatic rings. The molecule has 0 saturated carbocycles. The van der Waals surface area contributed by atoms with Gasteiger partial charge in [0.25, 0.3) is 0 Å². The number of nitrogens with one attached hydrogen (secondary N) is 1. The maximum Gasteiger partial charge on any atom is 0.243 e. The zero-order valence-corrected chi connectivity index (χ0v) is 15.6. The van der Waals surface area contributed by atoms with E-state index in [4.69, 9.17) is 10.5 Å². The Labute approximate surface area is 148 Å². The number of nitrogens with two attached hydrogens (primary N) is 1. The standard InChI is InChI=1S/C15H26N4O2S.ClH/c1-4-5-13(16)14(20)18-15-17-12(9-22-15)8-19-6-10(2)21-11(3)7-19;/h9-11,13H,4-8,16H2,1-3H3,(H,17,18,20);1H. The molecule has 0 radical (unpaired) electrons. The van der Waals surface area contributed by atoms with Gasteiger partial charge in [0.15, 0.2) is 5.13 Å². The summed E-state index contributed by atoms with van der Waals surface area (Å²) in [6, 6.07) is -0.460. The van der Waals surface area contributed by atoms with Crippen LogP contribution in [-0.4, -0.2) is 47.1 Å². The van der Waals surface area contributed by atoms with Gasteiger partial charge in [-0.05, 0) is 20.3 Å². The minimum atomic E-state index is -0.460. The van der Waals surface area contributed by atoms with Gasteiger partial charge in [0.2, 0.25) is 5.91 Å². The largest absolute Gasteiger partial charge is 0.373 e. The van der Waals surface area contributed by atoms with Crippen LogP contribution in [0.3, 0.4) is 0 Å². The van der Waals surface area contributed by atoms with Crippen molar-refractivity contribution < 1.29 is 9.53 Å². The van der Waals surface area contributed by atoms with Crippen molar-refractivity contribution in [3.8, 4) is 0 Å². The molecule has 3 unspecified atom stereocenters. The lowest BCUT2D eigenvalue weighted by Crippen LogP contribution is -2.44. The van der Waals surface area contributed by atoms with Crippen molar-refractivity contribution in [1.29, 1.82) is 0 Å². The highest BCUT2D eigenvalue weighted by atomic mass is 35.5. The number of ether oxygens (including phenoxy) is 1. The lowest BCUT2D eigenvalue weighted by Gasteiger charge is -2.34. The normalized spacial score (nSPS) is 23.1. The number of anilines is 1. The molecule has 0 spiro atoms. The third-order valence-corrected chi connectivity index (χ3v) is 4.41. The molecule has 0 bridgehead atoms. The summed E-state index contributed by atoms with van der Waals surface area (Å²) in [5, 5.41) is 5.42. The first kappa shape index (κ1) is 20.3. The first-order valence-electron chi connectivity index (χ1n) is 7.86. The molecule has 23 heavy (non-hydrogen) atoms. The average molecular weight is 363 g/mol. The van der Waals surface area contributed by atoms with E-state index >= 15 is 0 Å². The molecule has 132 valence electrons. The number of rotatable bonds is 6. The van der Waals surface area contributed by atoms with Crippen molar-refractivity contribution in [1.82, 2.24) is 9.88 Å². The molecule has 1 aliphatic rings. The summed E-state index contributed by atoms with van der Waals surface area (Å²) < 4.78 is 5.73. The van der Waals surface area contributed by atoms with Crippen LogP contribution in [0, 0.1) is 0 Å². The van der Waals surface area contributed by atoms with Gasteiger partial charge in [0, 0.05) is 25.0 Å². The van der Waals surface area contributed by atoms with E-state index in [0.29, 0.717) is 11.6 Å². The molecule has 1 fully saturated rings. The van der Waals surface area contributed by atoms with Crippen LogP contribution in [0.1, 0.15) is 39.3 Å². The van der Waals surface area contributed by atoms with E-state index in [1.54, 1.807) is 0 Å². The van der Waals surface area contributed by atoms with Crippen molar-refractivity contribution >= 4 is 34.8 Å². The summed E-state index contributed by atoms with van der Waals surface area (Å²) in [7, 11) is 0. The Kier molecular flexibility index (Phi) is 8.42. The first-order chi connectivity index (χ1) is 10.5. The summed E-state index contributed by atoms with van der Waals surface area (Å²) >= 11 is 1.45. The fourth-order valence-electron chi connectivity index (χ4n) is 2.72. The number of morpholine rings is 1. The zero-order chi connectivity index (χ0) is 16.1. The second-order valence-corrected chi connectivity index (χ2v) is 6.84. The SMILES string of the molecule is CCCC(N)C(=O)Nc1nc(CN2CC(C)OC(C)C2)cs1.Cl. The molecule has 1 aliphatic heterocycles. The van der Waals surface area contributed by atoms with Crippen molar-refractivity contribution in [2.45, 2.75) is 58.4 Å². The van der Waals surface area contributed by atoms with Crippen molar-refractivity contribution in [3.63, 3.8) is 0 Å². The van der Waals surface area contributed by atoms with Gasteiger partial charge in [-0.25, -0.2) is 4.98 Å². The van der Waals surface area contributed by atoms with Gasteiger partial charge in [0.1, 0.15) is 0 Å². The van der Waals surface area contributed by atoms with Crippen LogP contribution in [0.2, 0.25) is 0 Å². The Bertz CT molecular complexity index is 490. The quantitative estimate of drug-likeness (QED) is 0.811. The minimum absolute atomic E-state index is 0. The number of carbonyl (C=O) groups is 1. The fraction of sp³-hybridized carbons (Fsp3) is 0.733. The molecule has 3 N–H and O–H groups in total. The molecule has 3 atom stereocenters. The third kappa shape index (κ3) is 6.35. The number of hydrogen-bond acceptors (Lipinski definition) is 6. The average Bonchev–Trinajstić information content (AvgIpc) is 2.84. The highest BCUT2D eigenvalue weighted by molar-refractivity contribution is 7.13. The van der Waals surface area contributed by atoms with Crippen LogP contribution in [0.4, 0.5) is 5.13 Å². The Balaban J connectivity index is 0.00000264. The predicted molar refractivity (Wildman–Crippen MR) is 96.2 cm³/mol. The van der Waals surface area contributed by atoms with Gasteiger partial charge >= 0.3 is 0 Å². The Hall–Kier alpha value is -0.730.